The quantitative estimate of drug-likeness (QED) is 0.217. The lowest BCUT2D eigenvalue weighted by molar-refractivity contribution is -0.723. The Kier molecular flexibility index (Phi) is 3.55. The van der Waals surface area contributed by atoms with Gasteiger partial charge in [-0.1, -0.05) is 0 Å². The predicted octanol–water partition coefficient (Wildman–Crippen LogP) is -0.835. The van der Waals surface area contributed by atoms with Crippen molar-refractivity contribution in [2.75, 3.05) is 0 Å². The van der Waals surface area contributed by atoms with Gasteiger partial charge in [0.2, 0.25) is 5.28 Å². The maximum atomic E-state index is 10.7. The summed E-state index contributed by atoms with van der Waals surface area (Å²) in [6.45, 7) is 3.11. The lowest BCUT2D eigenvalue weighted by Gasteiger charge is -2.23. The molecule has 0 aromatic carbocycles. The summed E-state index contributed by atoms with van der Waals surface area (Å²) in [5.41, 5.74) is 10.7. The van der Waals surface area contributed by atoms with Crippen LogP contribution in [-0.2, 0) is 0 Å². The number of hydrogen-bond donors (Lipinski definition) is 3. The van der Waals surface area contributed by atoms with Gasteiger partial charge in [0.25, 0.3) is 0 Å². The van der Waals surface area contributed by atoms with E-state index in [0.717, 1.165) is 5.01 Å². The average molecular weight is 163 g/mol. The first-order valence-corrected chi connectivity index (χ1v) is 3.12. The van der Waals surface area contributed by atoms with Crippen LogP contribution < -0.4 is 11.5 Å². The summed E-state index contributed by atoms with van der Waals surface area (Å²) in [5, 5.41) is 22.1. The summed E-state index contributed by atoms with van der Waals surface area (Å²) in [6, 6.07) is 0. The fraction of sp³-hybridized carbons (Fsp3) is 1.00. The van der Waals surface area contributed by atoms with E-state index in [4.69, 9.17) is 16.7 Å². The molecular weight excluding hydrogens is 150 g/mol. The van der Waals surface area contributed by atoms with Crippen molar-refractivity contribution in [2.24, 2.45) is 16.7 Å². The lowest BCUT2D eigenvalue weighted by atomic mass is 10.5. The van der Waals surface area contributed by atoms with Crippen LogP contribution in [-0.4, -0.2) is 27.5 Å². The third-order valence-electron chi connectivity index (χ3n) is 1.11. The molecule has 0 rings (SSSR count). The van der Waals surface area contributed by atoms with Gasteiger partial charge in [0.15, 0.2) is 0 Å². The SMILES string of the molecule is CC(N)N(C(C)N)/[N+]([O-])=N/O. The first-order valence-electron chi connectivity index (χ1n) is 3.12. The minimum atomic E-state index is -0.594. The van der Waals surface area contributed by atoms with E-state index in [0.29, 0.717) is 0 Å². The second-order valence-electron chi connectivity index (χ2n) is 2.20. The van der Waals surface area contributed by atoms with Crippen LogP contribution in [0.25, 0.3) is 0 Å². The van der Waals surface area contributed by atoms with E-state index in [1.54, 1.807) is 13.8 Å². The Balaban J connectivity index is 4.35. The van der Waals surface area contributed by atoms with Crippen LogP contribution >= 0.6 is 0 Å². The van der Waals surface area contributed by atoms with Crippen molar-refractivity contribution in [2.45, 2.75) is 26.2 Å². The Morgan fingerprint density at radius 3 is 1.91 bits per heavy atom. The molecule has 0 aliphatic heterocycles. The molecule has 2 unspecified atom stereocenters. The normalized spacial score (nSPS) is 17.6. The molecule has 5 N–H and O–H groups in total. The van der Waals surface area contributed by atoms with Crippen molar-refractivity contribution in [3.05, 3.63) is 5.21 Å². The van der Waals surface area contributed by atoms with Crippen LogP contribution in [0.1, 0.15) is 13.8 Å². The highest BCUT2D eigenvalue weighted by Crippen LogP contribution is 1.96. The second-order valence-corrected chi connectivity index (χ2v) is 2.20. The maximum Gasteiger partial charge on any atom is 0.230 e. The van der Waals surface area contributed by atoms with Gasteiger partial charge in [0.05, 0.1) is 4.97 Å². The Morgan fingerprint density at radius 2 is 1.82 bits per heavy atom. The van der Waals surface area contributed by atoms with E-state index in [9.17, 15) is 5.21 Å². The molecule has 0 aromatic heterocycles. The highest BCUT2D eigenvalue weighted by atomic mass is 16.6. The number of nitrogens with two attached hydrogens (primary N) is 2. The molecule has 0 heterocycles. The zero-order valence-corrected chi connectivity index (χ0v) is 6.51. The number of hydrazine groups is 1. The molecule has 0 saturated carbocycles. The summed E-state index contributed by atoms with van der Waals surface area (Å²) in [5.74, 6) is 0. The van der Waals surface area contributed by atoms with E-state index in [-0.39, 0.29) is 4.97 Å². The molecule has 0 saturated heterocycles. The van der Waals surface area contributed by atoms with E-state index in [1.165, 1.54) is 0 Å². The van der Waals surface area contributed by atoms with E-state index < -0.39 is 12.3 Å². The molecule has 0 spiro atoms. The number of hydrogen-bond acceptors (Lipinski definition) is 4. The molecule has 0 amide bonds. The smallest absolute Gasteiger partial charge is 0.230 e. The summed E-state index contributed by atoms with van der Waals surface area (Å²) in [6.07, 6.45) is -1.19. The van der Waals surface area contributed by atoms with Gasteiger partial charge in [0.1, 0.15) is 12.3 Å². The van der Waals surface area contributed by atoms with Crippen molar-refractivity contribution in [3.8, 4) is 0 Å². The topological polar surface area (TPSA) is 114 Å². The standard InChI is InChI=1S/C4H13N5O2/c1-3(5)8(4(2)6)9(11)7-10/h3-4,10H,5-6H2,1-2H3/b9-7-. The molecule has 0 bridgehead atoms. The van der Waals surface area contributed by atoms with Crippen LogP contribution in [0, 0.1) is 5.21 Å². The first-order chi connectivity index (χ1) is 5.00. The Hall–Kier alpha value is -1.08. The van der Waals surface area contributed by atoms with Crippen molar-refractivity contribution >= 4 is 0 Å². The molecule has 7 nitrogen and oxygen atoms in total. The van der Waals surface area contributed by atoms with Crippen molar-refractivity contribution in [1.82, 2.24) is 5.01 Å². The molecule has 0 aliphatic rings. The van der Waals surface area contributed by atoms with Gasteiger partial charge in [-0.2, -0.15) is 0 Å². The third-order valence-corrected chi connectivity index (χ3v) is 1.11. The molecule has 66 valence electrons. The molecule has 0 radical (unpaired) electrons. The Morgan fingerprint density at radius 1 is 1.45 bits per heavy atom. The van der Waals surface area contributed by atoms with Crippen LogP contribution in [0.5, 0.6) is 0 Å². The van der Waals surface area contributed by atoms with Gasteiger partial charge < -0.3 is 21.9 Å². The first kappa shape index (κ1) is 9.92. The largest absolute Gasteiger partial charge is 0.569 e. The molecule has 0 aromatic rings. The van der Waals surface area contributed by atoms with Gasteiger partial charge >= 0.3 is 0 Å². The third kappa shape index (κ3) is 2.56. The van der Waals surface area contributed by atoms with Crippen LogP contribution in [0.4, 0.5) is 0 Å². The number of rotatable bonds is 3. The lowest BCUT2D eigenvalue weighted by Crippen LogP contribution is -2.52. The zero-order chi connectivity index (χ0) is 9.02. The van der Waals surface area contributed by atoms with E-state index >= 15 is 0 Å². The predicted molar refractivity (Wildman–Crippen MR) is 37.0 cm³/mol. The van der Waals surface area contributed by atoms with Crippen LogP contribution in [0.2, 0.25) is 0 Å². The minimum Gasteiger partial charge on any atom is -0.569 e. The molecule has 2 atom stereocenters. The zero-order valence-electron chi connectivity index (χ0n) is 6.51. The van der Waals surface area contributed by atoms with E-state index in [1.807, 2.05) is 0 Å². The molecule has 0 aliphatic carbocycles. The van der Waals surface area contributed by atoms with Crippen molar-refractivity contribution < 1.29 is 10.2 Å². The number of nitrogens with zero attached hydrogens (tertiary/aromatic N) is 3. The summed E-state index contributed by atoms with van der Waals surface area (Å²) in [7, 11) is 0. The Bertz CT molecular complexity index is 137. The highest BCUT2D eigenvalue weighted by Gasteiger charge is 2.21. The fourth-order valence-corrected chi connectivity index (χ4v) is 0.729. The van der Waals surface area contributed by atoms with Gasteiger partial charge in [0, 0.05) is 0 Å². The molecule has 11 heavy (non-hydrogen) atoms. The average Bonchev–Trinajstić information content (AvgIpc) is 1.85. The highest BCUT2D eigenvalue weighted by molar-refractivity contribution is 4.52. The Labute approximate surface area is 64.4 Å². The van der Waals surface area contributed by atoms with Crippen molar-refractivity contribution in [3.63, 3.8) is 0 Å². The molecule has 0 fully saturated rings. The summed E-state index contributed by atoms with van der Waals surface area (Å²) < 4.78 is 0. The minimum absolute atomic E-state index is 0.0463. The van der Waals surface area contributed by atoms with Gasteiger partial charge in [-0.25, -0.2) is 0 Å². The summed E-state index contributed by atoms with van der Waals surface area (Å²) in [4.78, 5) is -0.0463. The van der Waals surface area contributed by atoms with Crippen LogP contribution in [0.3, 0.4) is 0 Å². The van der Waals surface area contributed by atoms with Crippen molar-refractivity contribution in [1.29, 1.82) is 0 Å². The van der Waals surface area contributed by atoms with Crippen LogP contribution in [0.15, 0.2) is 5.28 Å². The van der Waals surface area contributed by atoms with Gasteiger partial charge in [-0.05, 0) is 13.8 Å². The fourth-order valence-electron chi connectivity index (χ4n) is 0.729. The molecular formula is C4H13N5O2. The summed E-state index contributed by atoms with van der Waals surface area (Å²) >= 11 is 0. The molecule has 7 heteroatoms. The van der Waals surface area contributed by atoms with E-state index in [2.05, 4.69) is 5.28 Å². The van der Waals surface area contributed by atoms with Gasteiger partial charge in [-0.15, -0.1) is 5.01 Å². The second kappa shape index (κ2) is 3.94. The maximum absolute atomic E-state index is 10.7. The monoisotopic (exact) mass is 163 g/mol. The van der Waals surface area contributed by atoms with Gasteiger partial charge in [-0.3, -0.25) is 0 Å².